The van der Waals surface area contributed by atoms with Gasteiger partial charge in [-0.1, -0.05) is 23.7 Å². The molecular formula is C31H22BrClFN5O3S. The summed E-state index contributed by atoms with van der Waals surface area (Å²) < 4.78 is 19.2. The number of anilines is 3. The molecule has 0 aliphatic carbocycles. The van der Waals surface area contributed by atoms with Crippen molar-refractivity contribution < 1.29 is 18.7 Å². The number of carbonyl (C=O) groups is 2. The molecule has 0 saturated carbocycles. The van der Waals surface area contributed by atoms with E-state index in [9.17, 15) is 14.0 Å². The Morgan fingerprint density at radius 2 is 1.70 bits per heavy atom. The van der Waals surface area contributed by atoms with Gasteiger partial charge < -0.3 is 15.4 Å². The van der Waals surface area contributed by atoms with Crippen molar-refractivity contribution in [3.05, 3.63) is 123 Å². The molecule has 216 valence electrons. The average molecular weight is 679 g/mol. The molecule has 1 aromatic heterocycles. The summed E-state index contributed by atoms with van der Waals surface area (Å²) in [5, 5.41) is 13.3. The van der Waals surface area contributed by atoms with Gasteiger partial charge in [0.15, 0.2) is 11.7 Å². The van der Waals surface area contributed by atoms with Crippen molar-refractivity contribution in [3.8, 4) is 17.0 Å². The molecule has 0 saturated heterocycles. The SMILES string of the molecule is O=C(COc1ccc(/C=N\NC(=O)c2ccc(-c3csc(Nc4ccc(Cl)cc4)n3)cc2)cc1Br)Nc1ccc(F)cc1. The first-order valence-corrected chi connectivity index (χ1v) is 14.8. The summed E-state index contributed by atoms with van der Waals surface area (Å²) in [5.41, 5.74) is 6.67. The summed E-state index contributed by atoms with van der Waals surface area (Å²) in [6.45, 7) is -0.234. The van der Waals surface area contributed by atoms with Crippen LogP contribution >= 0.6 is 38.9 Å². The molecule has 0 aliphatic rings. The van der Waals surface area contributed by atoms with Crippen molar-refractivity contribution >= 4 is 73.4 Å². The number of halogens is 3. The zero-order chi connectivity index (χ0) is 30.2. The number of hydrogen-bond acceptors (Lipinski definition) is 7. The molecule has 43 heavy (non-hydrogen) atoms. The molecule has 4 aromatic carbocycles. The van der Waals surface area contributed by atoms with Gasteiger partial charge in [-0.3, -0.25) is 9.59 Å². The fraction of sp³-hybridized carbons (Fsp3) is 0.0323. The third kappa shape index (κ3) is 8.48. The first-order valence-electron chi connectivity index (χ1n) is 12.7. The molecule has 0 fully saturated rings. The van der Waals surface area contributed by atoms with E-state index in [1.54, 1.807) is 42.5 Å². The first kappa shape index (κ1) is 29.9. The lowest BCUT2D eigenvalue weighted by molar-refractivity contribution is -0.118. The number of carbonyl (C=O) groups excluding carboxylic acids is 2. The minimum absolute atomic E-state index is 0.234. The molecule has 2 amide bonds. The van der Waals surface area contributed by atoms with Crippen LogP contribution < -0.4 is 20.8 Å². The van der Waals surface area contributed by atoms with Gasteiger partial charge in [-0.05, 0) is 100 Å². The van der Waals surface area contributed by atoms with E-state index in [1.807, 2.05) is 29.6 Å². The maximum absolute atomic E-state index is 13.0. The van der Waals surface area contributed by atoms with Crippen LogP contribution in [-0.2, 0) is 4.79 Å². The maximum Gasteiger partial charge on any atom is 0.271 e. The van der Waals surface area contributed by atoms with Gasteiger partial charge in [0.25, 0.3) is 11.8 Å². The zero-order valence-corrected chi connectivity index (χ0v) is 25.3. The van der Waals surface area contributed by atoms with E-state index in [-0.39, 0.29) is 24.2 Å². The molecule has 3 N–H and O–H groups in total. The molecule has 0 spiro atoms. The Kier molecular flexibility index (Phi) is 9.77. The Morgan fingerprint density at radius 3 is 2.42 bits per heavy atom. The van der Waals surface area contributed by atoms with Crippen LogP contribution in [0.5, 0.6) is 5.75 Å². The molecule has 0 bridgehead atoms. The van der Waals surface area contributed by atoms with Crippen molar-refractivity contribution in [2.75, 3.05) is 17.2 Å². The number of nitrogens with zero attached hydrogens (tertiary/aromatic N) is 2. The summed E-state index contributed by atoms with van der Waals surface area (Å²) in [6, 6.07) is 25.0. The zero-order valence-electron chi connectivity index (χ0n) is 22.2. The van der Waals surface area contributed by atoms with Gasteiger partial charge in [-0.2, -0.15) is 5.10 Å². The maximum atomic E-state index is 13.0. The van der Waals surface area contributed by atoms with Crippen LogP contribution in [0.3, 0.4) is 0 Å². The monoisotopic (exact) mass is 677 g/mol. The number of hydrogen-bond donors (Lipinski definition) is 3. The van der Waals surface area contributed by atoms with E-state index < -0.39 is 0 Å². The lowest BCUT2D eigenvalue weighted by Gasteiger charge is -2.09. The number of nitrogens with one attached hydrogen (secondary N) is 3. The Bertz CT molecular complexity index is 1760. The van der Waals surface area contributed by atoms with Gasteiger partial charge in [0.1, 0.15) is 11.6 Å². The number of rotatable bonds is 10. The number of thiazole rings is 1. The van der Waals surface area contributed by atoms with Gasteiger partial charge in [-0.15, -0.1) is 11.3 Å². The van der Waals surface area contributed by atoms with Crippen molar-refractivity contribution in [1.82, 2.24) is 10.4 Å². The van der Waals surface area contributed by atoms with E-state index >= 15 is 0 Å². The van der Waals surface area contributed by atoms with Crippen LogP contribution in [0.15, 0.2) is 106 Å². The molecule has 0 atom stereocenters. The smallest absolute Gasteiger partial charge is 0.271 e. The average Bonchev–Trinajstić information content (AvgIpc) is 3.47. The predicted octanol–water partition coefficient (Wildman–Crippen LogP) is 7.89. The van der Waals surface area contributed by atoms with E-state index in [2.05, 4.69) is 42.1 Å². The normalized spacial score (nSPS) is 10.9. The fourth-order valence-corrected chi connectivity index (χ4v) is 5.11. The molecule has 1 heterocycles. The van der Waals surface area contributed by atoms with Crippen molar-refractivity contribution in [2.24, 2.45) is 5.10 Å². The Morgan fingerprint density at radius 1 is 0.977 bits per heavy atom. The second-order valence-corrected chi connectivity index (χ2v) is 11.1. The predicted molar refractivity (Wildman–Crippen MR) is 172 cm³/mol. The second kappa shape index (κ2) is 14.1. The highest BCUT2D eigenvalue weighted by molar-refractivity contribution is 9.10. The standard InChI is InChI=1S/C31H22BrClFN5O3S/c32-26-15-19(1-14-28(26)42-17-29(40)36-24-12-8-23(34)9-13-24)16-35-39-30(41)21-4-2-20(3-5-21)27-18-43-31(38-27)37-25-10-6-22(33)7-11-25/h1-16,18H,17H2,(H,36,40)(H,37,38)(H,39,41)/b35-16-. The third-order valence-corrected chi connectivity index (χ3v) is 7.49. The number of hydrazone groups is 1. The lowest BCUT2D eigenvalue weighted by atomic mass is 10.1. The highest BCUT2D eigenvalue weighted by atomic mass is 79.9. The number of amides is 2. The van der Waals surface area contributed by atoms with Crippen molar-refractivity contribution in [2.45, 2.75) is 0 Å². The Labute approximate surface area is 263 Å². The molecule has 5 rings (SSSR count). The molecule has 0 unspecified atom stereocenters. The van der Waals surface area contributed by atoms with Gasteiger partial charge in [0.2, 0.25) is 0 Å². The van der Waals surface area contributed by atoms with Gasteiger partial charge in [0.05, 0.1) is 16.4 Å². The first-order chi connectivity index (χ1) is 20.8. The minimum atomic E-state index is -0.387. The van der Waals surface area contributed by atoms with Crippen molar-refractivity contribution in [3.63, 3.8) is 0 Å². The van der Waals surface area contributed by atoms with Gasteiger partial charge in [-0.25, -0.2) is 14.8 Å². The lowest BCUT2D eigenvalue weighted by Crippen LogP contribution is -2.20. The fourth-order valence-electron chi connectivity index (χ4n) is 3.73. The molecule has 12 heteroatoms. The molecule has 0 radical (unpaired) electrons. The summed E-state index contributed by atoms with van der Waals surface area (Å²) >= 11 is 10.8. The van der Waals surface area contributed by atoms with Crippen LogP contribution in [-0.4, -0.2) is 29.6 Å². The topological polar surface area (TPSA) is 105 Å². The van der Waals surface area contributed by atoms with Gasteiger partial charge in [0, 0.05) is 32.9 Å². The minimum Gasteiger partial charge on any atom is -0.483 e. The van der Waals surface area contributed by atoms with Crippen LogP contribution in [0.4, 0.5) is 20.9 Å². The van der Waals surface area contributed by atoms with Crippen LogP contribution in [0, 0.1) is 5.82 Å². The summed E-state index contributed by atoms with van der Waals surface area (Å²) in [6.07, 6.45) is 1.49. The number of benzene rings is 4. The third-order valence-electron chi connectivity index (χ3n) is 5.86. The highest BCUT2D eigenvalue weighted by Gasteiger charge is 2.10. The highest BCUT2D eigenvalue weighted by Crippen LogP contribution is 2.28. The summed E-state index contributed by atoms with van der Waals surface area (Å²) in [5.74, 6) is -0.690. The largest absolute Gasteiger partial charge is 0.483 e. The van der Waals surface area contributed by atoms with Crippen molar-refractivity contribution in [1.29, 1.82) is 0 Å². The summed E-state index contributed by atoms with van der Waals surface area (Å²) in [4.78, 5) is 29.3. The molecular weight excluding hydrogens is 657 g/mol. The van der Waals surface area contributed by atoms with Crippen LogP contribution in [0.25, 0.3) is 11.3 Å². The van der Waals surface area contributed by atoms with E-state index in [4.69, 9.17) is 16.3 Å². The van der Waals surface area contributed by atoms with Crippen LogP contribution in [0.1, 0.15) is 15.9 Å². The van der Waals surface area contributed by atoms with E-state index in [0.29, 0.717) is 32.1 Å². The Hall–Kier alpha value is -4.58. The molecule has 0 aliphatic heterocycles. The number of ether oxygens (including phenoxy) is 1. The molecule has 5 aromatic rings. The van der Waals surface area contributed by atoms with Gasteiger partial charge >= 0.3 is 0 Å². The van der Waals surface area contributed by atoms with Crippen LogP contribution in [0.2, 0.25) is 5.02 Å². The quantitative estimate of drug-likeness (QED) is 0.103. The van der Waals surface area contributed by atoms with E-state index in [1.165, 1.54) is 41.8 Å². The molecule has 8 nitrogen and oxygen atoms in total. The second-order valence-electron chi connectivity index (χ2n) is 8.98. The summed E-state index contributed by atoms with van der Waals surface area (Å²) in [7, 11) is 0. The Balaban J connectivity index is 1.10. The van der Waals surface area contributed by atoms with E-state index in [0.717, 1.165) is 22.1 Å². The number of aromatic nitrogens is 1.